The zero-order chi connectivity index (χ0) is 28.6. The Bertz CT molecular complexity index is 1350. The third-order valence-electron chi connectivity index (χ3n) is 6.51. The van der Waals surface area contributed by atoms with Crippen LogP contribution in [0.3, 0.4) is 0 Å². The lowest BCUT2D eigenvalue weighted by Gasteiger charge is -2.33. The van der Waals surface area contributed by atoms with E-state index in [4.69, 9.17) is 0 Å². The smallest absolute Gasteiger partial charge is 0.264 e. The van der Waals surface area contributed by atoms with E-state index in [0.29, 0.717) is 18.7 Å². The molecule has 3 rings (SSSR count). The molecule has 0 aliphatic heterocycles. The molecular formula is C31H39N3O4S. The SMILES string of the molecule is CCCNC(=O)[C@@H](CC)N(Cc1ccc(C)cc1)C(=O)CN(c1cc(C)cc(C)c1)S(=O)(=O)c1ccccc1. The normalized spacial score (nSPS) is 12.0. The Morgan fingerprint density at radius 2 is 1.46 bits per heavy atom. The second-order valence-corrected chi connectivity index (χ2v) is 11.8. The first-order chi connectivity index (χ1) is 18.6. The van der Waals surface area contributed by atoms with Crippen molar-refractivity contribution in [2.45, 2.75) is 64.9 Å². The van der Waals surface area contributed by atoms with Crippen LogP contribution in [-0.2, 0) is 26.2 Å². The first-order valence-electron chi connectivity index (χ1n) is 13.4. The first kappa shape index (κ1) is 29.9. The van der Waals surface area contributed by atoms with Crippen molar-refractivity contribution in [3.05, 3.63) is 95.1 Å². The number of hydrogen-bond acceptors (Lipinski definition) is 4. The maximum atomic E-state index is 14.1. The minimum atomic E-state index is -4.08. The quantitative estimate of drug-likeness (QED) is 0.339. The van der Waals surface area contributed by atoms with Crippen LogP contribution in [0.4, 0.5) is 5.69 Å². The van der Waals surface area contributed by atoms with Crippen molar-refractivity contribution in [1.29, 1.82) is 0 Å². The van der Waals surface area contributed by atoms with E-state index in [1.165, 1.54) is 17.0 Å². The molecule has 0 aliphatic rings. The van der Waals surface area contributed by atoms with Crippen LogP contribution in [0.25, 0.3) is 0 Å². The number of sulfonamides is 1. The van der Waals surface area contributed by atoms with Crippen LogP contribution in [0, 0.1) is 20.8 Å². The van der Waals surface area contributed by atoms with E-state index in [1.807, 2.05) is 65.0 Å². The topological polar surface area (TPSA) is 86.8 Å². The number of aryl methyl sites for hydroxylation is 3. The summed E-state index contributed by atoms with van der Waals surface area (Å²) in [4.78, 5) is 28.8. The number of carbonyl (C=O) groups excluding carboxylic acids is 2. The molecule has 39 heavy (non-hydrogen) atoms. The standard InChI is InChI=1S/C31H39N3O4S/c1-6-17-32-31(36)29(7-2)33(21-26-15-13-23(3)14-16-26)30(35)22-34(27-19-24(4)18-25(5)20-27)39(37,38)28-11-9-8-10-12-28/h8-16,18-20,29H,6-7,17,21-22H2,1-5H3,(H,32,36)/t29-/m1/s1. The highest BCUT2D eigenvalue weighted by molar-refractivity contribution is 7.92. The van der Waals surface area contributed by atoms with Gasteiger partial charge in [0.25, 0.3) is 10.0 Å². The molecular weight excluding hydrogens is 510 g/mol. The van der Waals surface area contributed by atoms with Crippen molar-refractivity contribution in [3.8, 4) is 0 Å². The average Bonchev–Trinajstić information content (AvgIpc) is 2.91. The first-order valence-corrected chi connectivity index (χ1v) is 14.8. The van der Waals surface area contributed by atoms with Crippen LogP contribution in [0.2, 0.25) is 0 Å². The van der Waals surface area contributed by atoms with Crippen LogP contribution in [-0.4, -0.2) is 44.3 Å². The molecule has 0 radical (unpaired) electrons. The molecule has 3 aromatic carbocycles. The summed E-state index contributed by atoms with van der Waals surface area (Å²) in [6, 6.07) is 20.6. The van der Waals surface area contributed by atoms with Gasteiger partial charge in [0, 0.05) is 13.1 Å². The van der Waals surface area contributed by atoms with E-state index >= 15 is 0 Å². The van der Waals surface area contributed by atoms with Gasteiger partial charge in [0.05, 0.1) is 10.6 Å². The Balaban J connectivity index is 2.06. The fourth-order valence-corrected chi connectivity index (χ4v) is 5.94. The highest BCUT2D eigenvalue weighted by Crippen LogP contribution is 2.27. The fourth-order valence-electron chi connectivity index (χ4n) is 4.52. The highest BCUT2D eigenvalue weighted by Gasteiger charge is 2.33. The zero-order valence-corrected chi connectivity index (χ0v) is 24.3. The predicted octanol–water partition coefficient (Wildman–Crippen LogP) is 5.14. The van der Waals surface area contributed by atoms with Crippen molar-refractivity contribution in [1.82, 2.24) is 10.2 Å². The molecule has 0 saturated carbocycles. The molecule has 7 nitrogen and oxygen atoms in total. The van der Waals surface area contributed by atoms with E-state index in [0.717, 1.165) is 33.0 Å². The molecule has 0 bridgehead atoms. The number of anilines is 1. The van der Waals surface area contributed by atoms with Gasteiger partial charge in [-0.3, -0.25) is 13.9 Å². The average molecular weight is 550 g/mol. The second kappa shape index (κ2) is 13.4. The van der Waals surface area contributed by atoms with Gasteiger partial charge in [-0.05, 0) is 74.6 Å². The summed E-state index contributed by atoms with van der Waals surface area (Å²) >= 11 is 0. The van der Waals surface area contributed by atoms with E-state index in [9.17, 15) is 18.0 Å². The molecule has 3 aromatic rings. The minimum absolute atomic E-state index is 0.0924. The summed E-state index contributed by atoms with van der Waals surface area (Å²) in [6.45, 7) is 9.82. The van der Waals surface area contributed by atoms with Crippen molar-refractivity contribution >= 4 is 27.5 Å². The molecule has 208 valence electrons. The summed E-state index contributed by atoms with van der Waals surface area (Å²) in [5.41, 5.74) is 4.11. The second-order valence-electron chi connectivity index (χ2n) is 9.89. The molecule has 0 heterocycles. The van der Waals surface area contributed by atoms with Crippen molar-refractivity contribution < 1.29 is 18.0 Å². The molecule has 0 unspecified atom stereocenters. The van der Waals surface area contributed by atoms with E-state index in [2.05, 4.69) is 5.32 Å². The van der Waals surface area contributed by atoms with Gasteiger partial charge in [0.1, 0.15) is 12.6 Å². The van der Waals surface area contributed by atoms with Crippen molar-refractivity contribution in [3.63, 3.8) is 0 Å². The molecule has 2 amide bonds. The summed E-state index contributed by atoms with van der Waals surface area (Å²) in [5.74, 6) is -0.698. The molecule has 0 aliphatic carbocycles. The molecule has 0 spiro atoms. The molecule has 0 aromatic heterocycles. The van der Waals surface area contributed by atoms with Gasteiger partial charge < -0.3 is 10.2 Å². The maximum Gasteiger partial charge on any atom is 0.264 e. The monoisotopic (exact) mass is 549 g/mol. The van der Waals surface area contributed by atoms with Gasteiger partial charge in [-0.1, -0.05) is 67.9 Å². The van der Waals surface area contributed by atoms with Gasteiger partial charge >= 0.3 is 0 Å². The van der Waals surface area contributed by atoms with Crippen LogP contribution >= 0.6 is 0 Å². The van der Waals surface area contributed by atoms with E-state index in [-0.39, 0.29) is 17.3 Å². The summed E-state index contributed by atoms with van der Waals surface area (Å²) in [7, 11) is -4.08. The predicted molar refractivity (Wildman–Crippen MR) is 156 cm³/mol. The number of rotatable bonds is 12. The lowest BCUT2D eigenvalue weighted by atomic mass is 10.1. The number of nitrogens with zero attached hydrogens (tertiary/aromatic N) is 2. The van der Waals surface area contributed by atoms with Gasteiger partial charge in [0.15, 0.2) is 0 Å². The third-order valence-corrected chi connectivity index (χ3v) is 8.30. The van der Waals surface area contributed by atoms with Gasteiger partial charge in [0.2, 0.25) is 11.8 Å². The lowest BCUT2D eigenvalue weighted by molar-refractivity contribution is -0.140. The largest absolute Gasteiger partial charge is 0.354 e. The highest BCUT2D eigenvalue weighted by atomic mass is 32.2. The number of benzene rings is 3. The maximum absolute atomic E-state index is 14.1. The zero-order valence-electron chi connectivity index (χ0n) is 23.5. The van der Waals surface area contributed by atoms with Crippen LogP contribution < -0.4 is 9.62 Å². The number of nitrogens with one attached hydrogen (secondary N) is 1. The summed E-state index contributed by atoms with van der Waals surface area (Å²) in [5, 5.41) is 2.90. The van der Waals surface area contributed by atoms with E-state index in [1.54, 1.807) is 30.3 Å². The summed E-state index contributed by atoms with van der Waals surface area (Å²) < 4.78 is 29.0. The Kier molecular flexibility index (Phi) is 10.3. The van der Waals surface area contributed by atoms with Crippen LogP contribution in [0.15, 0.2) is 77.7 Å². The number of hydrogen-bond donors (Lipinski definition) is 1. The van der Waals surface area contributed by atoms with Gasteiger partial charge in [-0.2, -0.15) is 0 Å². The molecule has 8 heteroatoms. The van der Waals surface area contributed by atoms with Crippen LogP contribution in [0.1, 0.15) is 48.9 Å². The van der Waals surface area contributed by atoms with Gasteiger partial charge in [-0.25, -0.2) is 8.42 Å². The Morgan fingerprint density at radius 3 is 2.03 bits per heavy atom. The molecule has 0 fully saturated rings. The van der Waals surface area contributed by atoms with Gasteiger partial charge in [-0.15, -0.1) is 0 Å². The summed E-state index contributed by atoms with van der Waals surface area (Å²) in [6.07, 6.45) is 1.16. The Hall–Kier alpha value is -3.65. The molecule has 0 saturated heterocycles. The Morgan fingerprint density at radius 1 is 0.846 bits per heavy atom. The molecule has 1 N–H and O–H groups in total. The number of amides is 2. The van der Waals surface area contributed by atoms with Crippen molar-refractivity contribution in [2.75, 3.05) is 17.4 Å². The third kappa shape index (κ3) is 7.69. The fraction of sp³-hybridized carbons (Fsp3) is 0.355. The Labute approximate surface area is 232 Å². The van der Waals surface area contributed by atoms with Crippen molar-refractivity contribution in [2.24, 2.45) is 0 Å². The minimum Gasteiger partial charge on any atom is -0.354 e. The van der Waals surface area contributed by atoms with E-state index < -0.39 is 28.5 Å². The lowest BCUT2D eigenvalue weighted by Crippen LogP contribution is -2.52. The van der Waals surface area contributed by atoms with Crippen LogP contribution in [0.5, 0.6) is 0 Å². The number of carbonyl (C=O) groups is 2. The molecule has 1 atom stereocenters.